The van der Waals surface area contributed by atoms with E-state index in [1.807, 2.05) is 30.3 Å². The lowest BCUT2D eigenvalue weighted by Crippen LogP contribution is -2.38. The van der Waals surface area contributed by atoms with Crippen LogP contribution in [-0.2, 0) is 39.8 Å². The molecule has 0 saturated heterocycles. The van der Waals surface area contributed by atoms with Crippen LogP contribution in [0.1, 0.15) is 28.9 Å². The fourth-order valence-corrected chi connectivity index (χ4v) is 5.41. The number of hydrogen-bond donors (Lipinski definition) is 8. The van der Waals surface area contributed by atoms with E-state index in [4.69, 9.17) is 55.2 Å². The highest BCUT2D eigenvalue weighted by Crippen LogP contribution is 2.51. The molecule has 1 aliphatic heterocycles. The summed E-state index contributed by atoms with van der Waals surface area (Å²) in [6.45, 7) is 5.03. The van der Waals surface area contributed by atoms with E-state index in [1.54, 1.807) is 0 Å². The Morgan fingerprint density at radius 2 is 1.30 bits per heavy atom. The van der Waals surface area contributed by atoms with Crippen molar-refractivity contribution in [3.8, 4) is 34.5 Å². The molecule has 17 nitrogen and oxygen atoms in total. The minimum absolute atomic E-state index is 0.0663. The summed E-state index contributed by atoms with van der Waals surface area (Å²) in [5, 5.41) is 53.2. The van der Waals surface area contributed by atoms with Crippen LogP contribution in [0.4, 0.5) is 0 Å². The normalized spacial score (nSPS) is 16.9. The van der Waals surface area contributed by atoms with Crippen LogP contribution in [0.15, 0.2) is 66.5 Å². The Kier molecular flexibility index (Phi) is 17.7. The summed E-state index contributed by atoms with van der Waals surface area (Å²) in [5.74, 6) is 3.72. The summed E-state index contributed by atoms with van der Waals surface area (Å²) in [6.07, 6.45) is -1.63. The number of benzene rings is 3. The molecule has 3 aromatic rings. The number of nitrogens with two attached hydrogens (primary N) is 3. The van der Waals surface area contributed by atoms with Crippen molar-refractivity contribution in [2.45, 2.75) is 24.9 Å². The molecule has 3 aromatic carbocycles. The molecule has 4 rings (SSSR count). The van der Waals surface area contributed by atoms with Crippen molar-refractivity contribution in [3.05, 3.63) is 83.2 Å². The van der Waals surface area contributed by atoms with Gasteiger partial charge in [-0.05, 0) is 17.7 Å². The molecule has 1 heterocycles. The van der Waals surface area contributed by atoms with Crippen molar-refractivity contribution in [2.24, 2.45) is 17.3 Å². The van der Waals surface area contributed by atoms with Gasteiger partial charge < -0.3 is 79.9 Å². The number of rotatable bonds is 25. The number of fused-ring (bicyclic) bond motifs is 1. The Hall–Kier alpha value is -4.56. The zero-order valence-corrected chi connectivity index (χ0v) is 30.1. The maximum Gasteiger partial charge on any atom is 0.200 e. The van der Waals surface area contributed by atoms with E-state index in [9.17, 15) is 25.5 Å². The van der Waals surface area contributed by atoms with Crippen LogP contribution < -0.4 is 22.0 Å². The number of hydrazine groups is 1. The van der Waals surface area contributed by atoms with Gasteiger partial charge in [0, 0.05) is 30.4 Å². The fourth-order valence-electron chi connectivity index (χ4n) is 5.41. The van der Waals surface area contributed by atoms with Crippen LogP contribution >= 0.6 is 0 Å². The Balaban J connectivity index is 1.30. The summed E-state index contributed by atoms with van der Waals surface area (Å²) in [5.41, 5.74) is 13.1. The Morgan fingerprint density at radius 1 is 0.722 bits per heavy atom. The Bertz CT molecular complexity index is 1560. The van der Waals surface area contributed by atoms with Crippen molar-refractivity contribution in [3.63, 3.8) is 0 Å². The molecule has 17 heteroatoms. The summed E-state index contributed by atoms with van der Waals surface area (Å²) in [6, 6.07) is 14.2. The number of ether oxygens (including phenoxy) is 8. The van der Waals surface area contributed by atoms with E-state index >= 15 is 0 Å². The molecule has 0 spiro atoms. The van der Waals surface area contributed by atoms with Crippen molar-refractivity contribution in [1.82, 2.24) is 5.01 Å². The Morgan fingerprint density at radius 3 is 1.89 bits per heavy atom. The summed E-state index contributed by atoms with van der Waals surface area (Å²) in [7, 11) is 0. The number of phenolic OH excluding ortho intramolecular Hbond substituents is 5. The molecular formula is C37H52N4O13. The monoisotopic (exact) mass is 760 g/mol. The van der Waals surface area contributed by atoms with E-state index in [0.29, 0.717) is 79.2 Å². The van der Waals surface area contributed by atoms with Crippen molar-refractivity contribution in [2.75, 3.05) is 85.8 Å². The van der Waals surface area contributed by atoms with E-state index in [2.05, 4.69) is 0 Å². The second-order valence-corrected chi connectivity index (χ2v) is 12.1. The standard InChI is InChI=1S/C37H52N4O13/c38-6-8-47-10-12-49-14-16-51-17-15-50-13-11-48-9-7-41(40)22-27(39)24-53-36-33-29(43)20-28(42)21-32(33)54-35(26-18-30(44)34(46)31(45)19-26)37(36)52-23-25-4-2-1-3-5-25/h1-5,18-22,35-37,42-46H,6-17,23-24,38-40H2/b27-22-. The molecule has 3 unspecified atom stereocenters. The predicted octanol–water partition coefficient (Wildman–Crippen LogP) is 2.01. The third kappa shape index (κ3) is 13.4. The molecule has 0 bridgehead atoms. The van der Waals surface area contributed by atoms with Gasteiger partial charge in [0.1, 0.15) is 29.5 Å². The molecule has 0 fully saturated rings. The molecule has 1 aliphatic rings. The van der Waals surface area contributed by atoms with Gasteiger partial charge in [0.2, 0.25) is 0 Å². The van der Waals surface area contributed by atoms with Gasteiger partial charge in [-0.3, -0.25) is 0 Å². The maximum atomic E-state index is 11.0. The first kappa shape index (κ1) is 42.2. The van der Waals surface area contributed by atoms with Gasteiger partial charge in [0.05, 0.1) is 97.1 Å². The van der Waals surface area contributed by atoms with Crippen LogP contribution in [0, 0.1) is 0 Å². The SMILES string of the molecule is NCCOCCOCCOCCOCCOCCN(N)/C=C(\N)COC1c2c(O)cc(O)cc2OC(c2cc(O)c(O)c(O)c2)C1OCc1ccccc1. The third-order valence-electron chi connectivity index (χ3n) is 7.95. The van der Waals surface area contributed by atoms with Gasteiger partial charge in [-0.15, -0.1) is 0 Å². The lowest BCUT2D eigenvalue weighted by Gasteiger charge is -2.39. The van der Waals surface area contributed by atoms with Gasteiger partial charge in [0.15, 0.2) is 23.4 Å². The van der Waals surface area contributed by atoms with Gasteiger partial charge in [-0.2, -0.15) is 0 Å². The first-order chi connectivity index (χ1) is 26.2. The van der Waals surface area contributed by atoms with Gasteiger partial charge in [-0.1, -0.05) is 30.3 Å². The van der Waals surface area contributed by atoms with Crippen molar-refractivity contribution in [1.29, 1.82) is 0 Å². The summed E-state index contributed by atoms with van der Waals surface area (Å²) >= 11 is 0. The lowest BCUT2D eigenvalue weighted by atomic mass is 9.90. The Labute approximate surface area is 313 Å². The maximum absolute atomic E-state index is 11.0. The molecule has 0 saturated carbocycles. The summed E-state index contributed by atoms with van der Waals surface area (Å²) in [4.78, 5) is 0. The number of phenols is 5. The molecule has 0 aliphatic carbocycles. The largest absolute Gasteiger partial charge is 0.508 e. The second-order valence-electron chi connectivity index (χ2n) is 12.1. The van der Waals surface area contributed by atoms with Crippen LogP contribution in [0.2, 0.25) is 0 Å². The number of nitrogens with zero attached hydrogens (tertiary/aromatic N) is 1. The van der Waals surface area contributed by atoms with Gasteiger partial charge in [-0.25, -0.2) is 5.84 Å². The number of aromatic hydroxyl groups is 5. The fraction of sp³-hybridized carbons (Fsp3) is 0.459. The zero-order chi connectivity index (χ0) is 38.7. The average Bonchev–Trinajstić information content (AvgIpc) is 3.15. The van der Waals surface area contributed by atoms with Gasteiger partial charge in [0.25, 0.3) is 0 Å². The smallest absolute Gasteiger partial charge is 0.200 e. The number of hydrogen-bond acceptors (Lipinski definition) is 17. The van der Waals surface area contributed by atoms with E-state index in [1.165, 1.54) is 29.4 Å². The second kappa shape index (κ2) is 22.6. The molecular weight excluding hydrogens is 708 g/mol. The highest BCUT2D eigenvalue weighted by atomic mass is 16.6. The average molecular weight is 761 g/mol. The van der Waals surface area contributed by atoms with Crippen LogP contribution in [-0.4, -0.2) is 122 Å². The van der Waals surface area contributed by atoms with E-state index in [0.717, 1.165) is 11.6 Å². The lowest BCUT2D eigenvalue weighted by molar-refractivity contribution is -0.136. The summed E-state index contributed by atoms with van der Waals surface area (Å²) < 4.78 is 46.0. The van der Waals surface area contributed by atoms with E-state index in [-0.39, 0.29) is 47.3 Å². The van der Waals surface area contributed by atoms with Crippen molar-refractivity contribution >= 4 is 0 Å². The first-order valence-corrected chi connectivity index (χ1v) is 17.5. The first-order valence-electron chi connectivity index (χ1n) is 17.5. The van der Waals surface area contributed by atoms with Gasteiger partial charge >= 0.3 is 0 Å². The van der Waals surface area contributed by atoms with Crippen molar-refractivity contribution < 1.29 is 63.4 Å². The highest BCUT2D eigenvalue weighted by molar-refractivity contribution is 5.55. The highest BCUT2D eigenvalue weighted by Gasteiger charge is 2.43. The predicted molar refractivity (Wildman–Crippen MR) is 195 cm³/mol. The molecule has 54 heavy (non-hydrogen) atoms. The van der Waals surface area contributed by atoms with E-state index < -0.39 is 35.6 Å². The zero-order valence-electron chi connectivity index (χ0n) is 30.1. The van der Waals surface area contributed by atoms with Crippen LogP contribution in [0.5, 0.6) is 34.5 Å². The molecule has 11 N–H and O–H groups in total. The topological polar surface area (TPSA) is 256 Å². The minimum atomic E-state index is -1.06. The molecule has 0 amide bonds. The molecule has 0 radical (unpaired) electrons. The quantitative estimate of drug-likeness (QED) is 0.0266. The minimum Gasteiger partial charge on any atom is -0.508 e. The molecule has 0 aromatic heterocycles. The molecule has 298 valence electrons. The molecule has 3 atom stereocenters. The third-order valence-corrected chi connectivity index (χ3v) is 7.95. The van der Waals surface area contributed by atoms with Crippen LogP contribution in [0.25, 0.3) is 0 Å². The van der Waals surface area contributed by atoms with Crippen LogP contribution in [0.3, 0.4) is 0 Å².